The first-order valence-corrected chi connectivity index (χ1v) is 6.35. The number of aromatic nitrogens is 2. The number of carbonyl (C=O) groups excluding carboxylic acids is 1. The van der Waals surface area contributed by atoms with Gasteiger partial charge in [0.1, 0.15) is 11.4 Å². The molecule has 1 unspecified atom stereocenters. The summed E-state index contributed by atoms with van der Waals surface area (Å²) >= 11 is 0. The highest BCUT2D eigenvalue weighted by Crippen LogP contribution is 2.12. The summed E-state index contributed by atoms with van der Waals surface area (Å²) in [6.07, 6.45) is 4.39. The van der Waals surface area contributed by atoms with Crippen LogP contribution in [0.25, 0.3) is 0 Å². The zero-order chi connectivity index (χ0) is 14.5. The highest BCUT2D eigenvalue weighted by Gasteiger charge is 2.32. The zero-order valence-electron chi connectivity index (χ0n) is 12.4. The molecule has 1 atom stereocenters. The van der Waals surface area contributed by atoms with Gasteiger partial charge in [0.2, 0.25) is 0 Å². The first kappa shape index (κ1) is 15.7. The van der Waals surface area contributed by atoms with Crippen LogP contribution in [0.4, 0.5) is 0 Å². The Morgan fingerprint density at radius 2 is 2.32 bits per heavy atom. The van der Waals surface area contributed by atoms with Crippen LogP contribution in [-0.2, 0) is 23.1 Å². The van der Waals surface area contributed by atoms with Gasteiger partial charge in [-0.25, -0.2) is 4.98 Å². The smallest absolute Gasteiger partial charge is 0.325 e. The van der Waals surface area contributed by atoms with Crippen molar-refractivity contribution in [2.45, 2.75) is 25.4 Å². The van der Waals surface area contributed by atoms with E-state index in [0.717, 1.165) is 18.9 Å². The number of hydrogen-bond donors (Lipinski definition) is 1. The lowest BCUT2D eigenvalue weighted by Crippen LogP contribution is -2.50. The quantitative estimate of drug-likeness (QED) is 0.725. The Morgan fingerprint density at radius 3 is 2.79 bits per heavy atom. The average Bonchev–Trinajstić information content (AvgIpc) is 2.80. The third kappa shape index (κ3) is 4.04. The summed E-state index contributed by atoms with van der Waals surface area (Å²) in [5, 5.41) is 3.03. The van der Waals surface area contributed by atoms with Crippen LogP contribution in [0.2, 0.25) is 0 Å². The fourth-order valence-electron chi connectivity index (χ4n) is 1.84. The van der Waals surface area contributed by atoms with Crippen LogP contribution >= 0.6 is 0 Å². The number of esters is 1. The molecule has 19 heavy (non-hydrogen) atoms. The maximum atomic E-state index is 11.7. The maximum Gasteiger partial charge on any atom is 0.325 e. The van der Waals surface area contributed by atoms with Gasteiger partial charge in [-0.2, -0.15) is 0 Å². The highest BCUT2D eigenvalue weighted by molar-refractivity contribution is 5.80. The second kappa shape index (κ2) is 6.68. The summed E-state index contributed by atoms with van der Waals surface area (Å²) in [5.41, 5.74) is -0.648. The predicted octanol–water partition coefficient (Wildman–Crippen LogP) is 0.393. The van der Waals surface area contributed by atoms with Crippen molar-refractivity contribution in [2.24, 2.45) is 7.05 Å². The van der Waals surface area contributed by atoms with Gasteiger partial charge in [-0.3, -0.25) is 9.69 Å². The van der Waals surface area contributed by atoms with Crippen LogP contribution in [-0.4, -0.2) is 53.7 Å². The molecule has 0 aliphatic carbocycles. The molecule has 0 saturated heterocycles. The molecule has 0 radical (unpaired) electrons. The Morgan fingerprint density at radius 1 is 1.63 bits per heavy atom. The topological polar surface area (TPSA) is 59.4 Å². The predicted molar refractivity (Wildman–Crippen MR) is 73.6 cm³/mol. The van der Waals surface area contributed by atoms with Crippen molar-refractivity contribution in [1.82, 2.24) is 19.8 Å². The van der Waals surface area contributed by atoms with Crippen LogP contribution < -0.4 is 5.32 Å². The van der Waals surface area contributed by atoms with Crippen molar-refractivity contribution in [2.75, 3.05) is 27.7 Å². The summed E-state index contributed by atoms with van der Waals surface area (Å²) in [5.74, 6) is 0.770. The second-order valence-corrected chi connectivity index (χ2v) is 5.02. The van der Waals surface area contributed by atoms with Crippen molar-refractivity contribution in [3.63, 3.8) is 0 Å². The van der Waals surface area contributed by atoms with Crippen molar-refractivity contribution in [3.8, 4) is 0 Å². The number of hydrogen-bond acceptors (Lipinski definition) is 5. The Hall–Kier alpha value is -1.40. The van der Waals surface area contributed by atoms with Crippen LogP contribution in [0, 0.1) is 0 Å². The van der Waals surface area contributed by atoms with Gasteiger partial charge in [0.15, 0.2) is 0 Å². The third-order valence-corrected chi connectivity index (χ3v) is 3.51. The molecular formula is C13H24N4O2. The van der Waals surface area contributed by atoms with E-state index >= 15 is 0 Å². The Balaban J connectivity index is 2.51. The second-order valence-electron chi connectivity index (χ2n) is 5.02. The first-order chi connectivity index (χ1) is 8.92. The number of rotatable bonds is 7. The van der Waals surface area contributed by atoms with Gasteiger partial charge in [-0.15, -0.1) is 0 Å². The van der Waals surface area contributed by atoms with E-state index in [2.05, 4.69) is 15.2 Å². The van der Waals surface area contributed by atoms with Gasteiger partial charge < -0.3 is 14.6 Å². The lowest BCUT2D eigenvalue weighted by Gasteiger charge is -2.28. The van der Waals surface area contributed by atoms with Gasteiger partial charge in [0.05, 0.1) is 13.7 Å². The summed E-state index contributed by atoms with van der Waals surface area (Å²) in [4.78, 5) is 18.2. The molecule has 0 aromatic carbocycles. The van der Waals surface area contributed by atoms with Crippen molar-refractivity contribution < 1.29 is 9.53 Å². The molecule has 1 aromatic heterocycles. The molecular weight excluding hydrogens is 244 g/mol. The molecule has 1 rings (SSSR count). The van der Waals surface area contributed by atoms with Gasteiger partial charge in [-0.05, 0) is 27.4 Å². The molecule has 0 bridgehead atoms. The minimum atomic E-state index is -0.648. The molecule has 1 aromatic rings. The molecule has 1 heterocycles. The summed E-state index contributed by atoms with van der Waals surface area (Å²) in [6.45, 7) is 3.39. The van der Waals surface area contributed by atoms with Crippen molar-refractivity contribution >= 4 is 5.97 Å². The van der Waals surface area contributed by atoms with Crippen LogP contribution in [0.15, 0.2) is 12.4 Å². The lowest BCUT2D eigenvalue weighted by molar-refractivity contribution is -0.148. The minimum Gasteiger partial charge on any atom is -0.468 e. The molecule has 108 valence electrons. The number of aryl methyl sites for hydroxylation is 1. The van der Waals surface area contributed by atoms with Gasteiger partial charge >= 0.3 is 5.97 Å². The van der Waals surface area contributed by atoms with E-state index in [0.29, 0.717) is 6.42 Å². The van der Waals surface area contributed by atoms with Gasteiger partial charge in [-0.1, -0.05) is 0 Å². The van der Waals surface area contributed by atoms with E-state index in [1.165, 1.54) is 7.11 Å². The number of carbonyl (C=O) groups is 1. The minimum absolute atomic E-state index is 0.236. The summed E-state index contributed by atoms with van der Waals surface area (Å²) in [6, 6.07) is 0. The van der Waals surface area contributed by atoms with Crippen LogP contribution in [0.3, 0.4) is 0 Å². The first-order valence-electron chi connectivity index (χ1n) is 6.35. The number of likely N-dealkylation sites (N-methyl/N-ethyl adjacent to an activating group) is 1. The third-order valence-electron chi connectivity index (χ3n) is 3.51. The zero-order valence-corrected chi connectivity index (χ0v) is 12.4. The Bertz CT molecular complexity index is 419. The molecule has 0 saturated carbocycles. The number of methoxy groups -OCH3 is 1. The fourth-order valence-corrected chi connectivity index (χ4v) is 1.84. The molecule has 1 N–H and O–H groups in total. The standard InChI is InChI=1S/C13H24N4O2/c1-13(14-2,12(18)19-5)6-8-16(3)10-11-15-7-9-17(11)4/h7,9,14H,6,8,10H2,1-5H3. The van der Waals surface area contributed by atoms with E-state index in [4.69, 9.17) is 4.74 Å². The maximum absolute atomic E-state index is 11.7. The van der Waals surface area contributed by atoms with E-state index in [-0.39, 0.29) is 5.97 Å². The Kier molecular flexibility index (Phi) is 5.50. The monoisotopic (exact) mass is 268 g/mol. The van der Waals surface area contributed by atoms with Crippen LogP contribution in [0.5, 0.6) is 0 Å². The van der Waals surface area contributed by atoms with Crippen molar-refractivity contribution in [1.29, 1.82) is 0 Å². The molecule has 6 heteroatoms. The highest BCUT2D eigenvalue weighted by atomic mass is 16.5. The van der Waals surface area contributed by atoms with Gasteiger partial charge in [0.25, 0.3) is 0 Å². The van der Waals surface area contributed by atoms with E-state index in [1.807, 2.05) is 31.8 Å². The summed E-state index contributed by atoms with van der Waals surface area (Å²) < 4.78 is 6.82. The number of nitrogens with zero attached hydrogens (tertiary/aromatic N) is 3. The Labute approximate surface area is 114 Å². The molecule has 6 nitrogen and oxygen atoms in total. The van der Waals surface area contributed by atoms with Crippen LogP contribution in [0.1, 0.15) is 19.2 Å². The summed E-state index contributed by atoms with van der Waals surface area (Å²) in [7, 11) is 7.18. The molecule has 0 fully saturated rings. The van der Waals surface area contributed by atoms with Gasteiger partial charge in [0, 0.05) is 26.0 Å². The number of ether oxygens (including phenoxy) is 1. The van der Waals surface area contributed by atoms with E-state index in [9.17, 15) is 4.79 Å². The van der Waals surface area contributed by atoms with Crippen molar-refractivity contribution in [3.05, 3.63) is 18.2 Å². The average molecular weight is 268 g/mol. The molecule has 0 amide bonds. The molecule has 0 aliphatic heterocycles. The lowest BCUT2D eigenvalue weighted by atomic mass is 9.98. The fraction of sp³-hybridized carbons (Fsp3) is 0.692. The van der Waals surface area contributed by atoms with E-state index in [1.54, 1.807) is 13.2 Å². The normalized spacial score (nSPS) is 14.4. The molecule has 0 aliphatic rings. The largest absolute Gasteiger partial charge is 0.468 e. The molecule has 0 spiro atoms. The number of imidazole rings is 1. The number of nitrogens with one attached hydrogen (secondary N) is 1. The van der Waals surface area contributed by atoms with E-state index < -0.39 is 5.54 Å². The SMILES string of the molecule is CNC(C)(CCN(C)Cc1nccn1C)C(=O)OC.